The van der Waals surface area contributed by atoms with E-state index >= 15 is 0 Å². The molecule has 78 valence electrons. The average Bonchev–Trinajstić information content (AvgIpc) is 2.63. The maximum Gasteiger partial charge on any atom is 0.284 e. The fraction of sp³-hybridized carbons (Fsp3) is 0.455. The highest BCUT2D eigenvalue weighted by Crippen LogP contribution is 2.33. The molecule has 0 N–H and O–H groups in total. The van der Waals surface area contributed by atoms with E-state index in [1.165, 1.54) is 28.0 Å². The van der Waals surface area contributed by atoms with Crippen molar-refractivity contribution in [2.75, 3.05) is 0 Å². The molecule has 0 amide bonds. The minimum atomic E-state index is 0.0481. The molecule has 2 heterocycles. The van der Waals surface area contributed by atoms with Crippen LogP contribution in [-0.2, 0) is 19.9 Å². The molecule has 0 aliphatic heterocycles. The van der Waals surface area contributed by atoms with E-state index in [1.54, 1.807) is 18.4 Å². The molecule has 3 rings (SSSR count). The van der Waals surface area contributed by atoms with Crippen molar-refractivity contribution in [3.63, 3.8) is 0 Å². The highest BCUT2D eigenvalue weighted by molar-refractivity contribution is 7.19. The Hall–Kier alpha value is -1.16. The summed E-state index contributed by atoms with van der Waals surface area (Å²) in [7, 11) is 1.71. The largest absolute Gasteiger partial charge is 0.284 e. The van der Waals surface area contributed by atoms with Crippen molar-refractivity contribution in [1.82, 2.24) is 9.78 Å². The molecular formula is C11H12N2OS. The molecular weight excluding hydrogens is 208 g/mol. The Labute approximate surface area is 91.4 Å². The van der Waals surface area contributed by atoms with E-state index in [0.717, 1.165) is 22.9 Å². The lowest BCUT2D eigenvalue weighted by Gasteiger charge is -2.09. The van der Waals surface area contributed by atoms with E-state index in [4.69, 9.17) is 0 Å². The molecule has 0 saturated heterocycles. The summed E-state index contributed by atoms with van der Waals surface area (Å²) in [5.41, 5.74) is 1.43. The van der Waals surface area contributed by atoms with Crippen LogP contribution in [0.5, 0.6) is 0 Å². The van der Waals surface area contributed by atoms with Crippen LogP contribution in [0.3, 0.4) is 0 Å². The summed E-state index contributed by atoms with van der Waals surface area (Å²) in [5, 5.41) is 5.19. The van der Waals surface area contributed by atoms with Gasteiger partial charge in [-0.1, -0.05) is 0 Å². The van der Waals surface area contributed by atoms with Crippen LogP contribution in [0.1, 0.15) is 23.3 Å². The molecule has 4 heteroatoms. The highest BCUT2D eigenvalue weighted by Gasteiger charge is 2.17. The van der Waals surface area contributed by atoms with Crippen molar-refractivity contribution in [3.05, 3.63) is 27.0 Å². The SMILES string of the molecule is Cn1ncc2c3c(sc2c1=O)CCCC3. The van der Waals surface area contributed by atoms with Gasteiger partial charge in [-0.15, -0.1) is 11.3 Å². The van der Waals surface area contributed by atoms with Crippen molar-refractivity contribution in [1.29, 1.82) is 0 Å². The second kappa shape index (κ2) is 3.17. The van der Waals surface area contributed by atoms with Crippen LogP contribution in [0.4, 0.5) is 0 Å². The minimum Gasteiger partial charge on any atom is -0.266 e. The quantitative estimate of drug-likeness (QED) is 0.679. The predicted octanol–water partition coefficient (Wildman–Crippen LogP) is 1.87. The molecule has 0 atom stereocenters. The standard InChI is InChI=1S/C11H12N2OS/c1-13-11(14)10-8(6-12-13)7-4-2-3-5-9(7)15-10/h6H,2-5H2,1H3. The van der Waals surface area contributed by atoms with Crippen LogP contribution in [0.15, 0.2) is 11.0 Å². The summed E-state index contributed by atoms with van der Waals surface area (Å²) in [4.78, 5) is 13.3. The molecule has 1 aliphatic carbocycles. The van der Waals surface area contributed by atoms with E-state index in [-0.39, 0.29) is 5.56 Å². The van der Waals surface area contributed by atoms with Gasteiger partial charge in [0.05, 0.1) is 6.20 Å². The first-order chi connectivity index (χ1) is 7.27. The van der Waals surface area contributed by atoms with Crippen LogP contribution >= 0.6 is 11.3 Å². The van der Waals surface area contributed by atoms with Crippen molar-refractivity contribution >= 4 is 21.4 Å². The van der Waals surface area contributed by atoms with Crippen molar-refractivity contribution in [2.24, 2.45) is 7.05 Å². The summed E-state index contributed by atoms with van der Waals surface area (Å²) in [6.07, 6.45) is 6.60. The number of thiophene rings is 1. The number of fused-ring (bicyclic) bond motifs is 3. The van der Waals surface area contributed by atoms with Crippen LogP contribution in [-0.4, -0.2) is 9.78 Å². The van der Waals surface area contributed by atoms with Gasteiger partial charge < -0.3 is 0 Å². The zero-order valence-corrected chi connectivity index (χ0v) is 9.43. The molecule has 0 unspecified atom stereocenters. The second-order valence-electron chi connectivity index (χ2n) is 4.03. The topological polar surface area (TPSA) is 34.9 Å². The number of nitrogens with zero attached hydrogens (tertiary/aromatic N) is 2. The van der Waals surface area contributed by atoms with Crippen molar-refractivity contribution in [2.45, 2.75) is 25.7 Å². The van der Waals surface area contributed by atoms with Gasteiger partial charge in [-0.25, -0.2) is 4.68 Å². The van der Waals surface area contributed by atoms with E-state index in [2.05, 4.69) is 5.10 Å². The normalized spacial score (nSPS) is 15.5. The first-order valence-corrected chi connectivity index (χ1v) is 6.05. The molecule has 0 bridgehead atoms. The highest BCUT2D eigenvalue weighted by atomic mass is 32.1. The van der Waals surface area contributed by atoms with E-state index in [9.17, 15) is 4.79 Å². The average molecular weight is 220 g/mol. The first-order valence-electron chi connectivity index (χ1n) is 5.24. The number of hydrogen-bond donors (Lipinski definition) is 0. The van der Waals surface area contributed by atoms with Crippen molar-refractivity contribution in [3.8, 4) is 0 Å². The van der Waals surface area contributed by atoms with E-state index in [0.29, 0.717) is 0 Å². The van der Waals surface area contributed by atoms with Gasteiger partial charge in [-0.05, 0) is 31.2 Å². The van der Waals surface area contributed by atoms with E-state index < -0.39 is 0 Å². The van der Waals surface area contributed by atoms with Crippen LogP contribution in [0.25, 0.3) is 10.1 Å². The van der Waals surface area contributed by atoms with Crippen LogP contribution in [0, 0.1) is 0 Å². The third-order valence-electron chi connectivity index (χ3n) is 3.06. The van der Waals surface area contributed by atoms with Gasteiger partial charge in [-0.3, -0.25) is 4.79 Å². The van der Waals surface area contributed by atoms with Gasteiger partial charge in [0.2, 0.25) is 0 Å². The van der Waals surface area contributed by atoms with Gasteiger partial charge in [0, 0.05) is 17.3 Å². The Balaban J connectivity index is 2.41. The number of aryl methyl sites for hydroxylation is 3. The summed E-state index contributed by atoms with van der Waals surface area (Å²) in [6.45, 7) is 0. The Morgan fingerprint density at radius 2 is 2.20 bits per heavy atom. The Bertz CT molecular complexity index is 582. The second-order valence-corrected chi connectivity index (χ2v) is 5.13. The smallest absolute Gasteiger partial charge is 0.266 e. The van der Waals surface area contributed by atoms with Gasteiger partial charge in [0.1, 0.15) is 4.70 Å². The molecule has 0 saturated carbocycles. The molecule has 2 aromatic heterocycles. The molecule has 15 heavy (non-hydrogen) atoms. The first kappa shape index (κ1) is 9.09. The van der Waals surface area contributed by atoms with Gasteiger partial charge in [0.15, 0.2) is 0 Å². The summed E-state index contributed by atoms with van der Waals surface area (Å²) >= 11 is 1.67. The van der Waals surface area contributed by atoms with Gasteiger partial charge in [0.25, 0.3) is 5.56 Å². The monoisotopic (exact) mass is 220 g/mol. The molecule has 2 aromatic rings. The third-order valence-corrected chi connectivity index (χ3v) is 4.36. The van der Waals surface area contributed by atoms with Crippen LogP contribution in [0.2, 0.25) is 0 Å². The molecule has 0 aromatic carbocycles. The van der Waals surface area contributed by atoms with Crippen LogP contribution < -0.4 is 5.56 Å². The number of hydrogen-bond acceptors (Lipinski definition) is 3. The predicted molar refractivity (Wildman–Crippen MR) is 61.5 cm³/mol. The zero-order chi connectivity index (χ0) is 10.4. The maximum absolute atomic E-state index is 11.9. The van der Waals surface area contributed by atoms with Crippen molar-refractivity contribution < 1.29 is 0 Å². The molecule has 3 nitrogen and oxygen atoms in total. The summed E-state index contributed by atoms with van der Waals surface area (Å²) in [6, 6.07) is 0. The van der Waals surface area contributed by atoms with E-state index in [1.807, 2.05) is 6.20 Å². The number of aromatic nitrogens is 2. The minimum absolute atomic E-state index is 0.0481. The number of rotatable bonds is 0. The lowest BCUT2D eigenvalue weighted by atomic mass is 9.97. The van der Waals surface area contributed by atoms with Gasteiger partial charge >= 0.3 is 0 Å². The zero-order valence-electron chi connectivity index (χ0n) is 8.62. The molecule has 0 spiro atoms. The lowest BCUT2D eigenvalue weighted by Crippen LogP contribution is -2.17. The fourth-order valence-corrected chi connectivity index (χ4v) is 3.56. The molecule has 1 aliphatic rings. The Kier molecular flexibility index (Phi) is 1.92. The third kappa shape index (κ3) is 1.24. The molecule has 0 fully saturated rings. The Morgan fingerprint density at radius 1 is 1.40 bits per heavy atom. The Morgan fingerprint density at radius 3 is 3.07 bits per heavy atom. The molecule has 0 radical (unpaired) electrons. The lowest BCUT2D eigenvalue weighted by molar-refractivity contribution is 0.697. The maximum atomic E-state index is 11.9. The fourth-order valence-electron chi connectivity index (χ4n) is 2.23. The summed E-state index contributed by atoms with van der Waals surface area (Å²) in [5.74, 6) is 0. The van der Waals surface area contributed by atoms with Gasteiger partial charge in [-0.2, -0.15) is 5.10 Å². The summed E-state index contributed by atoms with van der Waals surface area (Å²) < 4.78 is 2.31.